The van der Waals surface area contributed by atoms with Gasteiger partial charge in [0.25, 0.3) is 0 Å². The number of benzene rings is 2. The fourth-order valence-electron chi connectivity index (χ4n) is 3.89. The first-order chi connectivity index (χ1) is 14.6. The second-order valence-electron chi connectivity index (χ2n) is 7.79. The molecule has 0 bridgehead atoms. The lowest BCUT2D eigenvalue weighted by Crippen LogP contribution is -2.13. The minimum absolute atomic E-state index is 0.00631. The van der Waals surface area contributed by atoms with Crippen LogP contribution in [0.15, 0.2) is 24.3 Å². The summed E-state index contributed by atoms with van der Waals surface area (Å²) in [6.07, 6.45) is -3.81. The Morgan fingerprint density at radius 1 is 1.23 bits per heavy atom. The predicted octanol–water partition coefficient (Wildman–Crippen LogP) is 5.04. The zero-order chi connectivity index (χ0) is 22.5. The van der Waals surface area contributed by atoms with E-state index in [2.05, 4.69) is 15.3 Å². The molecule has 2 heterocycles. The molecule has 0 saturated heterocycles. The van der Waals surface area contributed by atoms with Gasteiger partial charge in [-0.25, -0.2) is 9.97 Å². The molecule has 0 saturated carbocycles. The van der Waals surface area contributed by atoms with Gasteiger partial charge in [0.2, 0.25) is 0 Å². The van der Waals surface area contributed by atoms with Crippen molar-refractivity contribution in [3.05, 3.63) is 46.8 Å². The fraction of sp³-hybridized carbons (Fsp3) is 0.364. The average molecular weight is 432 g/mol. The molecule has 1 aromatic heterocycles. The van der Waals surface area contributed by atoms with Crippen LogP contribution in [-0.2, 0) is 12.6 Å². The summed E-state index contributed by atoms with van der Waals surface area (Å²) < 4.78 is 51.1. The standard InChI is InChI=1S/C22H23F3N4O2/c1-10-5-16-19-17(9-18(30-4)20(16)31-10)21(29-12(3)28-19)27-11(2)13-6-14(22(23,24)25)8-15(26)7-13/h6-11H,5,26H2,1-4H3,(H,27,28,29). The lowest BCUT2D eigenvalue weighted by atomic mass is 10.0. The third-order valence-electron chi connectivity index (χ3n) is 5.31. The zero-order valence-corrected chi connectivity index (χ0v) is 17.6. The summed E-state index contributed by atoms with van der Waals surface area (Å²) in [5, 5.41) is 3.94. The minimum Gasteiger partial charge on any atom is -0.493 e. The van der Waals surface area contributed by atoms with Gasteiger partial charge in [0.1, 0.15) is 17.7 Å². The molecule has 0 fully saturated rings. The zero-order valence-electron chi connectivity index (χ0n) is 17.6. The van der Waals surface area contributed by atoms with Crippen molar-refractivity contribution >= 4 is 22.4 Å². The summed E-state index contributed by atoms with van der Waals surface area (Å²) >= 11 is 0. The topological polar surface area (TPSA) is 82.3 Å². The van der Waals surface area contributed by atoms with E-state index in [-0.39, 0.29) is 11.8 Å². The van der Waals surface area contributed by atoms with Crippen molar-refractivity contribution in [3.63, 3.8) is 0 Å². The first-order valence-electron chi connectivity index (χ1n) is 9.86. The highest BCUT2D eigenvalue weighted by Crippen LogP contribution is 2.44. The highest BCUT2D eigenvalue weighted by atomic mass is 19.4. The number of alkyl halides is 3. The molecule has 1 aliphatic heterocycles. The number of nitrogens with one attached hydrogen (secondary N) is 1. The minimum atomic E-state index is -4.48. The number of nitrogens with zero attached hydrogens (tertiary/aromatic N) is 2. The van der Waals surface area contributed by atoms with E-state index in [0.29, 0.717) is 40.5 Å². The van der Waals surface area contributed by atoms with Crippen LogP contribution >= 0.6 is 0 Å². The van der Waals surface area contributed by atoms with Gasteiger partial charge in [0.15, 0.2) is 11.5 Å². The van der Waals surface area contributed by atoms with Crippen LogP contribution < -0.4 is 20.5 Å². The summed E-state index contributed by atoms with van der Waals surface area (Å²) in [6, 6.07) is 4.85. The highest BCUT2D eigenvalue weighted by molar-refractivity contribution is 5.95. The van der Waals surface area contributed by atoms with Crippen LogP contribution in [-0.4, -0.2) is 23.2 Å². The smallest absolute Gasteiger partial charge is 0.416 e. The van der Waals surface area contributed by atoms with Crippen LogP contribution in [0, 0.1) is 6.92 Å². The molecule has 2 aromatic carbocycles. The second-order valence-corrected chi connectivity index (χ2v) is 7.79. The molecule has 1 aliphatic rings. The Hall–Kier alpha value is -3.23. The van der Waals surface area contributed by atoms with Crippen LogP contribution in [0.1, 0.15) is 42.4 Å². The Morgan fingerprint density at radius 2 is 1.97 bits per heavy atom. The van der Waals surface area contributed by atoms with Gasteiger partial charge in [0.05, 0.1) is 24.2 Å². The summed E-state index contributed by atoms with van der Waals surface area (Å²) in [7, 11) is 1.56. The number of aryl methyl sites for hydroxylation is 1. The first kappa shape index (κ1) is 21.0. The number of methoxy groups -OCH3 is 1. The number of anilines is 2. The Balaban J connectivity index is 1.79. The molecule has 4 rings (SSSR count). The van der Waals surface area contributed by atoms with Crippen LogP contribution in [0.4, 0.5) is 24.7 Å². The molecule has 31 heavy (non-hydrogen) atoms. The molecule has 164 valence electrons. The van der Waals surface area contributed by atoms with Gasteiger partial charge in [-0.2, -0.15) is 13.2 Å². The van der Waals surface area contributed by atoms with E-state index in [9.17, 15) is 13.2 Å². The lowest BCUT2D eigenvalue weighted by molar-refractivity contribution is -0.137. The molecule has 3 aromatic rings. The maximum absolute atomic E-state index is 13.2. The number of nitrogen functional groups attached to an aromatic ring is 1. The van der Waals surface area contributed by atoms with Crippen LogP contribution in [0.25, 0.3) is 10.9 Å². The Morgan fingerprint density at radius 3 is 2.65 bits per heavy atom. The van der Waals surface area contributed by atoms with Crippen LogP contribution in [0.5, 0.6) is 11.5 Å². The van der Waals surface area contributed by atoms with Crippen molar-refractivity contribution in [2.24, 2.45) is 0 Å². The summed E-state index contributed by atoms with van der Waals surface area (Å²) in [6.45, 7) is 5.50. The number of ether oxygens (including phenoxy) is 2. The highest BCUT2D eigenvalue weighted by Gasteiger charge is 2.32. The normalized spacial score (nSPS) is 16.7. The SMILES string of the molecule is COc1cc2c(NC(C)c3cc(N)cc(C(F)(F)F)c3)nc(C)nc2c2c1OC(C)C2. The summed E-state index contributed by atoms with van der Waals surface area (Å²) in [5.41, 5.74) is 7.08. The average Bonchev–Trinajstić information content (AvgIpc) is 3.08. The molecular weight excluding hydrogens is 409 g/mol. The fourth-order valence-corrected chi connectivity index (χ4v) is 3.89. The van der Waals surface area contributed by atoms with Gasteiger partial charge in [-0.05, 0) is 50.6 Å². The van der Waals surface area contributed by atoms with Crippen molar-refractivity contribution in [2.45, 2.75) is 45.5 Å². The molecule has 9 heteroatoms. The van der Waals surface area contributed by atoms with Gasteiger partial charge >= 0.3 is 6.18 Å². The molecule has 0 amide bonds. The van der Waals surface area contributed by atoms with Gasteiger partial charge in [-0.15, -0.1) is 0 Å². The largest absolute Gasteiger partial charge is 0.493 e. The summed E-state index contributed by atoms with van der Waals surface area (Å²) in [4.78, 5) is 9.11. The molecule has 6 nitrogen and oxygen atoms in total. The lowest BCUT2D eigenvalue weighted by Gasteiger charge is -2.20. The third-order valence-corrected chi connectivity index (χ3v) is 5.31. The number of fused-ring (bicyclic) bond motifs is 3. The van der Waals surface area contributed by atoms with E-state index in [1.54, 1.807) is 27.0 Å². The monoisotopic (exact) mass is 432 g/mol. The number of hydrogen-bond donors (Lipinski definition) is 2. The molecule has 0 aliphatic carbocycles. The maximum Gasteiger partial charge on any atom is 0.416 e. The second kappa shape index (κ2) is 7.47. The molecule has 0 spiro atoms. The maximum atomic E-state index is 13.2. The van der Waals surface area contributed by atoms with E-state index >= 15 is 0 Å². The molecule has 2 unspecified atom stereocenters. The first-order valence-corrected chi connectivity index (χ1v) is 9.86. The van der Waals surface area contributed by atoms with E-state index < -0.39 is 17.8 Å². The third kappa shape index (κ3) is 3.92. The predicted molar refractivity (Wildman–Crippen MR) is 113 cm³/mol. The van der Waals surface area contributed by atoms with E-state index in [4.69, 9.17) is 15.2 Å². The van der Waals surface area contributed by atoms with E-state index in [1.165, 1.54) is 6.07 Å². The Kier molecular flexibility index (Phi) is 5.07. The number of hydrogen-bond acceptors (Lipinski definition) is 6. The van der Waals surface area contributed by atoms with Crippen molar-refractivity contribution in [2.75, 3.05) is 18.2 Å². The van der Waals surface area contributed by atoms with Crippen molar-refractivity contribution in [1.29, 1.82) is 0 Å². The molecule has 0 radical (unpaired) electrons. The van der Waals surface area contributed by atoms with Crippen molar-refractivity contribution in [3.8, 4) is 11.5 Å². The molecule has 2 atom stereocenters. The van der Waals surface area contributed by atoms with Gasteiger partial charge < -0.3 is 20.5 Å². The Labute approximate surface area is 177 Å². The van der Waals surface area contributed by atoms with Gasteiger partial charge in [0, 0.05) is 23.1 Å². The van der Waals surface area contributed by atoms with Crippen LogP contribution in [0.3, 0.4) is 0 Å². The molecule has 3 N–H and O–H groups in total. The summed E-state index contributed by atoms with van der Waals surface area (Å²) in [5.74, 6) is 2.29. The number of halogens is 3. The van der Waals surface area contributed by atoms with Gasteiger partial charge in [-0.1, -0.05) is 0 Å². The number of rotatable bonds is 4. The Bertz CT molecular complexity index is 1160. The van der Waals surface area contributed by atoms with Gasteiger partial charge in [-0.3, -0.25) is 0 Å². The van der Waals surface area contributed by atoms with E-state index in [0.717, 1.165) is 23.2 Å². The number of nitrogens with two attached hydrogens (primary N) is 1. The quantitative estimate of drug-likeness (QED) is 0.562. The van der Waals surface area contributed by atoms with Crippen LogP contribution in [0.2, 0.25) is 0 Å². The molecular formula is C22H23F3N4O2. The van der Waals surface area contributed by atoms with Crippen molar-refractivity contribution in [1.82, 2.24) is 9.97 Å². The van der Waals surface area contributed by atoms with E-state index in [1.807, 2.05) is 6.92 Å². The van der Waals surface area contributed by atoms with Crippen molar-refractivity contribution < 1.29 is 22.6 Å². The number of aromatic nitrogens is 2.